The second kappa shape index (κ2) is 4.75. The molecule has 0 saturated carbocycles. The summed E-state index contributed by atoms with van der Waals surface area (Å²) >= 11 is 2.02. The van der Waals surface area contributed by atoms with Crippen molar-refractivity contribution in [1.82, 2.24) is 0 Å². The van der Waals surface area contributed by atoms with Crippen LogP contribution in [0.4, 0.5) is 0 Å². The molecule has 0 spiro atoms. The van der Waals surface area contributed by atoms with Crippen LogP contribution in [-0.2, 0) is 4.79 Å². The van der Waals surface area contributed by atoms with E-state index in [0.29, 0.717) is 6.42 Å². The van der Waals surface area contributed by atoms with E-state index < -0.39 is 12.0 Å². The minimum Gasteiger partial charge on any atom is -0.480 e. The molecule has 3 N–H and O–H groups in total. The molecule has 0 saturated heterocycles. The monoisotopic (exact) mass is 241 g/mol. The van der Waals surface area contributed by atoms with Gasteiger partial charge in [-0.05, 0) is 10.5 Å². The topological polar surface area (TPSA) is 63.3 Å². The molecule has 4 heteroatoms. The number of nitrogens with two attached hydrogens (primary N) is 1. The summed E-state index contributed by atoms with van der Waals surface area (Å²) in [6.07, 6.45) is 2.12. The SMILES string of the molecule is N[C@H](C/C=C\I)C(=O)O. The number of carboxylic acids is 1. The lowest BCUT2D eigenvalue weighted by atomic mass is 10.2. The first kappa shape index (κ1) is 8.90. The highest BCUT2D eigenvalue weighted by atomic mass is 127. The number of halogens is 1. The van der Waals surface area contributed by atoms with Gasteiger partial charge in [-0.25, -0.2) is 0 Å². The van der Waals surface area contributed by atoms with Crippen LogP contribution >= 0.6 is 22.6 Å². The Hall–Kier alpha value is -0.100. The maximum atomic E-state index is 10.0. The smallest absolute Gasteiger partial charge is 0.320 e. The zero-order valence-corrected chi connectivity index (χ0v) is 6.91. The van der Waals surface area contributed by atoms with Gasteiger partial charge in [-0.1, -0.05) is 28.7 Å². The number of rotatable bonds is 3. The van der Waals surface area contributed by atoms with Gasteiger partial charge in [0, 0.05) is 0 Å². The molecule has 0 aliphatic heterocycles. The lowest BCUT2D eigenvalue weighted by Gasteiger charge is -1.98. The average molecular weight is 241 g/mol. The Morgan fingerprint density at radius 1 is 1.89 bits per heavy atom. The predicted octanol–water partition coefficient (Wildman–Crippen LogP) is 0.737. The Morgan fingerprint density at radius 3 is 2.78 bits per heavy atom. The predicted molar refractivity (Wildman–Crippen MR) is 43.4 cm³/mol. The summed E-state index contributed by atoms with van der Waals surface area (Å²) in [7, 11) is 0. The van der Waals surface area contributed by atoms with E-state index in [1.807, 2.05) is 22.6 Å². The minimum absolute atomic E-state index is 0.401. The number of carboxylic acid groups (broad SMARTS) is 1. The van der Waals surface area contributed by atoms with Crippen LogP contribution in [0.3, 0.4) is 0 Å². The molecule has 0 unspecified atom stereocenters. The number of carbonyl (C=O) groups is 1. The van der Waals surface area contributed by atoms with E-state index in [4.69, 9.17) is 10.8 Å². The van der Waals surface area contributed by atoms with E-state index in [2.05, 4.69) is 0 Å². The van der Waals surface area contributed by atoms with Gasteiger partial charge in [-0.15, -0.1) is 0 Å². The van der Waals surface area contributed by atoms with E-state index in [0.717, 1.165) is 0 Å². The van der Waals surface area contributed by atoms with Crippen molar-refractivity contribution in [3.05, 3.63) is 10.2 Å². The second-order valence-electron chi connectivity index (χ2n) is 1.54. The van der Waals surface area contributed by atoms with E-state index in [-0.39, 0.29) is 0 Å². The number of hydrogen-bond acceptors (Lipinski definition) is 2. The van der Waals surface area contributed by atoms with Crippen LogP contribution in [0.2, 0.25) is 0 Å². The van der Waals surface area contributed by atoms with Gasteiger partial charge < -0.3 is 10.8 Å². The molecule has 0 aliphatic carbocycles. The Labute approximate surface area is 67.1 Å². The quantitative estimate of drug-likeness (QED) is 0.716. The fraction of sp³-hybridized carbons (Fsp3) is 0.400. The van der Waals surface area contributed by atoms with Crippen molar-refractivity contribution < 1.29 is 9.90 Å². The summed E-state index contributed by atoms with van der Waals surface area (Å²) in [6, 6.07) is -0.754. The molecule has 0 heterocycles. The molecule has 0 rings (SSSR count). The van der Waals surface area contributed by atoms with Gasteiger partial charge in [0.2, 0.25) is 0 Å². The first-order valence-corrected chi connectivity index (χ1v) is 3.66. The molecule has 0 amide bonds. The third-order valence-corrected chi connectivity index (χ3v) is 1.30. The standard InChI is InChI=1S/C5H8INO2/c6-3-1-2-4(7)5(8)9/h1,3-4H,2,7H2,(H,8,9)/b3-1-/t4-/m1/s1. The Bertz CT molecular complexity index is 124. The van der Waals surface area contributed by atoms with Crippen LogP contribution < -0.4 is 5.73 Å². The summed E-state index contributed by atoms with van der Waals surface area (Å²) in [5.74, 6) is -0.954. The highest BCUT2D eigenvalue weighted by Crippen LogP contribution is 1.92. The molecule has 52 valence electrons. The fourth-order valence-electron chi connectivity index (χ4n) is 0.299. The third-order valence-electron chi connectivity index (χ3n) is 0.796. The first-order valence-electron chi connectivity index (χ1n) is 2.42. The second-order valence-corrected chi connectivity index (χ2v) is 2.26. The van der Waals surface area contributed by atoms with Crippen LogP contribution in [0.25, 0.3) is 0 Å². The molecule has 0 aromatic rings. The summed E-state index contributed by atoms with van der Waals surface area (Å²) in [4.78, 5) is 10.0. The highest BCUT2D eigenvalue weighted by Gasteiger charge is 2.07. The zero-order valence-electron chi connectivity index (χ0n) is 4.75. The van der Waals surface area contributed by atoms with Crippen LogP contribution in [-0.4, -0.2) is 17.1 Å². The molecule has 0 bridgehead atoms. The van der Waals surface area contributed by atoms with Gasteiger partial charge in [-0.2, -0.15) is 0 Å². The van der Waals surface area contributed by atoms with Crippen LogP contribution in [0.5, 0.6) is 0 Å². The van der Waals surface area contributed by atoms with Crippen molar-refractivity contribution in [2.45, 2.75) is 12.5 Å². The largest absolute Gasteiger partial charge is 0.480 e. The van der Waals surface area contributed by atoms with E-state index >= 15 is 0 Å². The third kappa shape index (κ3) is 4.41. The Morgan fingerprint density at radius 2 is 2.44 bits per heavy atom. The van der Waals surface area contributed by atoms with Gasteiger partial charge in [0.05, 0.1) is 0 Å². The van der Waals surface area contributed by atoms with Gasteiger partial charge in [0.25, 0.3) is 0 Å². The normalized spacial score (nSPS) is 14.0. The molecular weight excluding hydrogens is 233 g/mol. The average Bonchev–Trinajstić information content (AvgIpc) is 1.82. The zero-order chi connectivity index (χ0) is 7.28. The Kier molecular flexibility index (Phi) is 4.70. The maximum absolute atomic E-state index is 10.0. The van der Waals surface area contributed by atoms with Crippen molar-refractivity contribution in [1.29, 1.82) is 0 Å². The Balaban J connectivity index is 3.50. The van der Waals surface area contributed by atoms with Crippen molar-refractivity contribution >= 4 is 28.6 Å². The molecule has 0 radical (unpaired) electrons. The molecule has 0 aliphatic rings. The highest BCUT2D eigenvalue weighted by molar-refractivity contribution is 14.1. The van der Waals surface area contributed by atoms with E-state index in [1.165, 1.54) is 0 Å². The van der Waals surface area contributed by atoms with Gasteiger partial charge >= 0.3 is 5.97 Å². The van der Waals surface area contributed by atoms with Crippen molar-refractivity contribution in [2.24, 2.45) is 5.73 Å². The minimum atomic E-state index is -0.954. The summed E-state index contributed by atoms with van der Waals surface area (Å²) < 4.78 is 1.75. The van der Waals surface area contributed by atoms with Gasteiger partial charge in [0.1, 0.15) is 6.04 Å². The van der Waals surface area contributed by atoms with Gasteiger partial charge in [-0.3, -0.25) is 4.79 Å². The van der Waals surface area contributed by atoms with Crippen molar-refractivity contribution in [3.8, 4) is 0 Å². The first-order chi connectivity index (χ1) is 4.18. The van der Waals surface area contributed by atoms with Gasteiger partial charge in [0.15, 0.2) is 0 Å². The van der Waals surface area contributed by atoms with Crippen molar-refractivity contribution in [3.63, 3.8) is 0 Å². The molecule has 3 nitrogen and oxygen atoms in total. The summed E-state index contributed by atoms with van der Waals surface area (Å²) in [5, 5.41) is 8.25. The lowest BCUT2D eigenvalue weighted by molar-refractivity contribution is -0.138. The number of aliphatic carboxylic acids is 1. The summed E-state index contributed by atoms with van der Waals surface area (Å²) in [6.45, 7) is 0. The van der Waals surface area contributed by atoms with E-state index in [1.54, 1.807) is 10.2 Å². The fourth-order valence-corrected chi connectivity index (χ4v) is 0.592. The molecular formula is C5H8INO2. The molecule has 0 fully saturated rings. The lowest BCUT2D eigenvalue weighted by Crippen LogP contribution is -2.29. The van der Waals surface area contributed by atoms with Crippen LogP contribution in [0, 0.1) is 0 Å². The molecule has 0 aromatic carbocycles. The summed E-state index contributed by atoms with van der Waals surface area (Å²) in [5.41, 5.74) is 5.15. The number of hydrogen-bond donors (Lipinski definition) is 2. The van der Waals surface area contributed by atoms with E-state index in [9.17, 15) is 4.79 Å². The van der Waals surface area contributed by atoms with Crippen LogP contribution in [0.1, 0.15) is 6.42 Å². The maximum Gasteiger partial charge on any atom is 0.320 e. The van der Waals surface area contributed by atoms with Crippen LogP contribution in [0.15, 0.2) is 10.2 Å². The van der Waals surface area contributed by atoms with Crippen molar-refractivity contribution in [2.75, 3.05) is 0 Å². The molecule has 9 heavy (non-hydrogen) atoms. The molecule has 1 atom stereocenters. The molecule has 0 aromatic heterocycles.